The minimum Gasteiger partial charge on any atom is -0.342 e. The highest BCUT2D eigenvalue weighted by atomic mass is 35.5. The van der Waals surface area contributed by atoms with Crippen molar-refractivity contribution in [3.63, 3.8) is 0 Å². The van der Waals surface area contributed by atoms with Crippen molar-refractivity contribution >= 4 is 17.5 Å². The van der Waals surface area contributed by atoms with Crippen molar-refractivity contribution < 1.29 is 4.79 Å². The van der Waals surface area contributed by atoms with E-state index in [4.69, 9.17) is 11.6 Å². The van der Waals surface area contributed by atoms with Crippen molar-refractivity contribution in [2.45, 2.75) is 38.6 Å². The van der Waals surface area contributed by atoms with Crippen LogP contribution in [0.1, 0.15) is 32.6 Å². The monoisotopic (exact) mass is 203 g/mol. The van der Waals surface area contributed by atoms with Crippen molar-refractivity contribution in [3.8, 4) is 0 Å². The van der Waals surface area contributed by atoms with Gasteiger partial charge in [0, 0.05) is 13.1 Å². The maximum absolute atomic E-state index is 11.3. The van der Waals surface area contributed by atoms with Gasteiger partial charge in [0.05, 0.1) is 0 Å². The Morgan fingerprint density at radius 2 is 2.23 bits per heavy atom. The summed E-state index contributed by atoms with van der Waals surface area (Å²) in [6, 6.07) is 0.426. The molecule has 0 bridgehead atoms. The highest BCUT2D eigenvalue weighted by Gasteiger charge is 2.24. The first-order chi connectivity index (χ1) is 6.15. The Labute approximate surface area is 85.2 Å². The van der Waals surface area contributed by atoms with Crippen LogP contribution in [0.25, 0.3) is 0 Å². The molecule has 76 valence electrons. The van der Waals surface area contributed by atoms with Crippen molar-refractivity contribution in [3.05, 3.63) is 0 Å². The first-order valence-corrected chi connectivity index (χ1v) is 5.50. The van der Waals surface area contributed by atoms with Crippen LogP contribution in [0.15, 0.2) is 0 Å². The predicted octanol–water partition coefficient (Wildman–Crippen LogP) is 2.26. The van der Waals surface area contributed by atoms with E-state index in [0.29, 0.717) is 6.04 Å². The van der Waals surface area contributed by atoms with Crippen LogP contribution in [0.2, 0.25) is 0 Å². The van der Waals surface area contributed by atoms with Gasteiger partial charge in [0.25, 0.3) is 0 Å². The van der Waals surface area contributed by atoms with Gasteiger partial charge < -0.3 is 4.90 Å². The number of carbonyl (C=O) groups is 1. The number of alkyl halides is 1. The molecule has 1 saturated carbocycles. The Kier molecular flexibility index (Phi) is 4.04. The van der Waals surface area contributed by atoms with Gasteiger partial charge >= 0.3 is 0 Å². The summed E-state index contributed by atoms with van der Waals surface area (Å²) < 4.78 is 0. The molecule has 0 aromatic heterocycles. The summed E-state index contributed by atoms with van der Waals surface area (Å²) in [6.45, 7) is 2.26. The van der Waals surface area contributed by atoms with Gasteiger partial charge in [-0.15, -0.1) is 11.6 Å². The molecular weight excluding hydrogens is 186 g/mol. The van der Waals surface area contributed by atoms with Crippen LogP contribution < -0.4 is 0 Å². The molecule has 1 amide bonds. The van der Waals surface area contributed by atoms with Crippen LogP contribution in [0.4, 0.5) is 0 Å². The SMILES string of the molecule is CC1CCCC(N(C)C(=O)CCl)C1. The molecule has 3 heteroatoms. The highest BCUT2D eigenvalue weighted by molar-refractivity contribution is 6.27. The van der Waals surface area contributed by atoms with E-state index in [0.717, 1.165) is 18.8 Å². The lowest BCUT2D eigenvalue weighted by molar-refractivity contribution is -0.130. The van der Waals surface area contributed by atoms with Crippen LogP contribution in [-0.4, -0.2) is 29.8 Å². The summed E-state index contributed by atoms with van der Waals surface area (Å²) in [5.41, 5.74) is 0. The lowest BCUT2D eigenvalue weighted by Gasteiger charge is -2.33. The molecule has 0 aromatic rings. The summed E-state index contributed by atoms with van der Waals surface area (Å²) in [6.07, 6.45) is 4.83. The second kappa shape index (κ2) is 4.85. The topological polar surface area (TPSA) is 20.3 Å². The molecule has 2 unspecified atom stereocenters. The Bertz CT molecular complexity index is 184. The zero-order valence-electron chi connectivity index (χ0n) is 8.42. The molecule has 0 saturated heterocycles. The third-order valence-corrected chi connectivity index (χ3v) is 3.19. The molecule has 1 fully saturated rings. The number of nitrogens with zero attached hydrogens (tertiary/aromatic N) is 1. The molecule has 0 radical (unpaired) electrons. The fourth-order valence-electron chi connectivity index (χ4n) is 2.05. The van der Waals surface area contributed by atoms with Crippen molar-refractivity contribution in [1.29, 1.82) is 0 Å². The summed E-state index contributed by atoms with van der Waals surface area (Å²) >= 11 is 5.51. The van der Waals surface area contributed by atoms with E-state index in [-0.39, 0.29) is 11.8 Å². The minimum atomic E-state index is 0.0563. The standard InChI is InChI=1S/C10H18ClNO/c1-8-4-3-5-9(6-8)12(2)10(13)7-11/h8-9H,3-7H2,1-2H3. The quantitative estimate of drug-likeness (QED) is 0.631. The molecule has 13 heavy (non-hydrogen) atoms. The average molecular weight is 204 g/mol. The minimum absolute atomic E-state index is 0.0563. The number of amides is 1. The summed E-state index contributed by atoms with van der Waals surface area (Å²) in [5, 5.41) is 0. The van der Waals surface area contributed by atoms with E-state index in [1.54, 1.807) is 0 Å². The fraction of sp³-hybridized carbons (Fsp3) is 0.900. The number of hydrogen-bond acceptors (Lipinski definition) is 1. The first kappa shape index (κ1) is 10.8. The number of carbonyl (C=O) groups excluding carboxylic acids is 1. The molecule has 0 aromatic carbocycles. The molecule has 0 aliphatic heterocycles. The zero-order chi connectivity index (χ0) is 9.84. The normalized spacial score (nSPS) is 28.5. The zero-order valence-corrected chi connectivity index (χ0v) is 9.18. The Balaban J connectivity index is 2.45. The van der Waals surface area contributed by atoms with Gasteiger partial charge in [0.15, 0.2) is 0 Å². The molecule has 1 rings (SSSR count). The lowest BCUT2D eigenvalue weighted by atomic mass is 9.86. The summed E-state index contributed by atoms with van der Waals surface area (Å²) in [5.74, 6) is 0.923. The fourth-order valence-corrected chi connectivity index (χ4v) is 2.24. The molecule has 2 nitrogen and oxygen atoms in total. The highest BCUT2D eigenvalue weighted by Crippen LogP contribution is 2.26. The average Bonchev–Trinajstić information content (AvgIpc) is 2.15. The van der Waals surface area contributed by atoms with E-state index in [1.165, 1.54) is 12.8 Å². The van der Waals surface area contributed by atoms with Gasteiger partial charge in [0.1, 0.15) is 5.88 Å². The van der Waals surface area contributed by atoms with E-state index >= 15 is 0 Å². The molecule has 2 atom stereocenters. The molecule has 1 aliphatic carbocycles. The molecule has 0 heterocycles. The smallest absolute Gasteiger partial charge is 0.237 e. The first-order valence-electron chi connectivity index (χ1n) is 4.96. The third kappa shape index (κ3) is 2.87. The second-order valence-corrected chi connectivity index (χ2v) is 4.33. The van der Waals surface area contributed by atoms with E-state index in [2.05, 4.69) is 6.92 Å². The van der Waals surface area contributed by atoms with Crippen LogP contribution >= 0.6 is 11.6 Å². The van der Waals surface area contributed by atoms with Gasteiger partial charge in [-0.1, -0.05) is 19.8 Å². The number of rotatable bonds is 2. The van der Waals surface area contributed by atoms with Crippen LogP contribution in [-0.2, 0) is 4.79 Å². The van der Waals surface area contributed by atoms with Crippen LogP contribution in [0, 0.1) is 5.92 Å². The van der Waals surface area contributed by atoms with Gasteiger partial charge in [-0.05, 0) is 18.8 Å². The van der Waals surface area contributed by atoms with Gasteiger partial charge in [-0.3, -0.25) is 4.79 Å². The van der Waals surface area contributed by atoms with E-state index in [9.17, 15) is 4.79 Å². The van der Waals surface area contributed by atoms with E-state index < -0.39 is 0 Å². The van der Waals surface area contributed by atoms with Crippen molar-refractivity contribution in [1.82, 2.24) is 4.90 Å². The van der Waals surface area contributed by atoms with Crippen molar-refractivity contribution in [2.24, 2.45) is 5.92 Å². The maximum atomic E-state index is 11.3. The number of halogens is 1. The Morgan fingerprint density at radius 1 is 1.54 bits per heavy atom. The lowest BCUT2D eigenvalue weighted by Crippen LogP contribution is -2.40. The Hall–Kier alpha value is -0.240. The second-order valence-electron chi connectivity index (χ2n) is 4.06. The Morgan fingerprint density at radius 3 is 2.77 bits per heavy atom. The third-order valence-electron chi connectivity index (χ3n) is 2.96. The van der Waals surface area contributed by atoms with Crippen molar-refractivity contribution in [2.75, 3.05) is 12.9 Å². The molecule has 1 aliphatic rings. The van der Waals surface area contributed by atoms with E-state index in [1.807, 2.05) is 11.9 Å². The van der Waals surface area contributed by atoms with Gasteiger partial charge in [0.2, 0.25) is 5.91 Å². The number of hydrogen-bond donors (Lipinski definition) is 0. The largest absolute Gasteiger partial charge is 0.342 e. The van der Waals surface area contributed by atoms with Crippen LogP contribution in [0.5, 0.6) is 0 Å². The van der Waals surface area contributed by atoms with Gasteiger partial charge in [-0.2, -0.15) is 0 Å². The summed E-state index contributed by atoms with van der Waals surface area (Å²) in [7, 11) is 1.87. The maximum Gasteiger partial charge on any atom is 0.237 e. The molecular formula is C10H18ClNO. The van der Waals surface area contributed by atoms with Gasteiger partial charge in [-0.25, -0.2) is 0 Å². The molecule has 0 N–H and O–H groups in total. The molecule has 0 spiro atoms. The summed E-state index contributed by atoms with van der Waals surface area (Å²) in [4.78, 5) is 13.1. The van der Waals surface area contributed by atoms with Crippen LogP contribution in [0.3, 0.4) is 0 Å². The predicted molar refractivity (Wildman–Crippen MR) is 54.9 cm³/mol.